The summed E-state index contributed by atoms with van der Waals surface area (Å²) >= 11 is 5.89. The van der Waals surface area contributed by atoms with Crippen LogP contribution in [0.4, 0.5) is 28.9 Å². The van der Waals surface area contributed by atoms with Crippen molar-refractivity contribution < 1.29 is 30.8 Å². The zero-order valence-corrected chi connectivity index (χ0v) is 16.9. The lowest BCUT2D eigenvalue weighted by atomic mass is 10.1. The molecular formula is C18H17ClF4N2O3S. The highest BCUT2D eigenvalue weighted by Gasteiger charge is 2.34. The van der Waals surface area contributed by atoms with E-state index in [1.165, 1.54) is 19.1 Å². The van der Waals surface area contributed by atoms with E-state index in [-0.39, 0.29) is 22.8 Å². The number of rotatable bonds is 6. The number of amides is 1. The van der Waals surface area contributed by atoms with Gasteiger partial charge in [0.1, 0.15) is 11.9 Å². The van der Waals surface area contributed by atoms with Crippen molar-refractivity contribution in [3.63, 3.8) is 0 Å². The van der Waals surface area contributed by atoms with Crippen LogP contribution in [0.15, 0.2) is 42.5 Å². The van der Waals surface area contributed by atoms with E-state index in [1.54, 1.807) is 0 Å². The number of alkyl halides is 3. The molecule has 2 aromatic carbocycles. The molecule has 0 radical (unpaired) electrons. The Morgan fingerprint density at radius 3 is 2.24 bits per heavy atom. The van der Waals surface area contributed by atoms with Gasteiger partial charge in [-0.15, -0.1) is 0 Å². The SMILES string of the molecule is CC[C@H](C(=O)Nc1cc(C(F)(F)F)ccc1Cl)N(c1ccc(F)cc1)S(C)(=O)=O. The lowest BCUT2D eigenvalue weighted by Gasteiger charge is -2.30. The molecule has 1 amide bonds. The first-order valence-corrected chi connectivity index (χ1v) is 10.5. The first-order chi connectivity index (χ1) is 13.3. The fraction of sp³-hybridized carbons (Fsp3) is 0.278. The molecule has 1 atom stereocenters. The molecule has 158 valence electrons. The number of carbonyl (C=O) groups is 1. The number of hydrogen-bond donors (Lipinski definition) is 1. The van der Waals surface area contributed by atoms with Crippen molar-refractivity contribution in [2.24, 2.45) is 0 Å². The van der Waals surface area contributed by atoms with Crippen molar-refractivity contribution in [2.75, 3.05) is 15.9 Å². The minimum absolute atomic E-state index is 0.00708. The van der Waals surface area contributed by atoms with Gasteiger partial charge in [0, 0.05) is 0 Å². The topological polar surface area (TPSA) is 66.5 Å². The Morgan fingerprint density at radius 1 is 1.17 bits per heavy atom. The minimum Gasteiger partial charge on any atom is -0.323 e. The third kappa shape index (κ3) is 5.60. The number of hydrogen-bond acceptors (Lipinski definition) is 3. The summed E-state index contributed by atoms with van der Waals surface area (Å²) in [5.74, 6) is -1.49. The van der Waals surface area contributed by atoms with Crippen LogP contribution in [0.3, 0.4) is 0 Å². The maximum atomic E-state index is 13.2. The molecule has 0 fully saturated rings. The van der Waals surface area contributed by atoms with Crippen molar-refractivity contribution in [1.82, 2.24) is 0 Å². The maximum Gasteiger partial charge on any atom is 0.416 e. The number of nitrogens with one attached hydrogen (secondary N) is 1. The van der Waals surface area contributed by atoms with E-state index in [2.05, 4.69) is 5.32 Å². The Labute approximate surface area is 170 Å². The fourth-order valence-corrected chi connectivity index (χ4v) is 4.04. The minimum atomic E-state index is -4.65. The van der Waals surface area contributed by atoms with Gasteiger partial charge in [-0.3, -0.25) is 9.10 Å². The lowest BCUT2D eigenvalue weighted by Crippen LogP contribution is -2.47. The van der Waals surface area contributed by atoms with Crippen molar-refractivity contribution in [1.29, 1.82) is 0 Å². The van der Waals surface area contributed by atoms with Crippen LogP contribution in [0.1, 0.15) is 18.9 Å². The molecule has 29 heavy (non-hydrogen) atoms. The molecule has 11 heteroatoms. The van der Waals surface area contributed by atoms with E-state index >= 15 is 0 Å². The average molecular weight is 453 g/mol. The zero-order valence-electron chi connectivity index (χ0n) is 15.3. The molecule has 0 spiro atoms. The van der Waals surface area contributed by atoms with Gasteiger partial charge in [0.05, 0.1) is 28.2 Å². The number of carbonyl (C=O) groups excluding carboxylic acids is 1. The molecule has 0 bridgehead atoms. The van der Waals surface area contributed by atoms with Gasteiger partial charge in [-0.1, -0.05) is 18.5 Å². The van der Waals surface area contributed by atoms with Gasteiger partial charge >= 0.3 is 6.18 Å². The summed E-state index contributed by atoms with van der Waals surface area (Å²) in [5, 5.41) is 2.11. The maximum absolute atomic E-state index is 13.2. The van der Waals surface area contributed by atoms with E-state index in [0.717, 1.165) is 34.8 Å². The molecule has 0 unspecified atom stereocenters. The number of anilines is 2. The summed E-state index contributed by atoms with van der Waals surface area (Å²) in [5.41, 5.74) is -1.30. The number of halogens is 5. The van der Waals surface area contributed by atoms with Crippen LogP contribution in [0.25, 0.3) is 0 Å². The van der Waals surface area contributed by atoms with Crippen LogP contribution in [0.5, 0.6) is 0 Å². The number of benzene rings is 2. The zero-order chi connectivity index (χ0) is 22.0. The monoisotopic (exact) mass is 452 g/mol. The van der Waals surface area contributed by atoms with Gasteiger partial charge in [0.15, 0.2) is 0 Å². The fourth-order valence-electron chi connectivity index (χ4n) is 2.66. The van der Waals surface area contributed by atoms with Gasteiger partial charge in [-0.25, -0.2) is 12.8 Å². The average Bonchev–Trinajstić information content (AvgIpc) is 2.60. The van der Waals surface area contributed by atoms with Crippen molar-refractivity contribution in [3.05, 3.63) is 58.9 Å². The highest BCUT2D eigenvalue weighted by molar-refractivity contribution is 7.92. The number of nitrogens with zero attached hydrogens (tertiary/aromatic N) is 1. The molecule has 2 aromatic rings. The molecule has 2 rings (SSSR count). The summed E-state index contributed by atoms with van der Waals surface area (Å²) in [7, 11) is -3.98. The van der Waals surface area contributed by atoms with Crippen LogP contribution >= 0.6 is 11.6 Å². The Balaban J connectivity index is 2.42. The largest absolute Gasteiger partial charge is 0.416 e. The van der Waals surface area contributed by atoms with E-state index in [1.807, 2.05) is 0 Å². The van der Waals surface area contributed by atoms with Gasteiger partial charge < -0.3 is 5.32 Å². The van der Waals surface area contributed by atoms with E-state index in [0.29, 0.717) is 6.07 Å². The van der Waals surface area contributed by atoms with E-state index in [9.17, 15) is 30.8 Å². The van der Waals surface area contributed by atoms with Crippen LogP contribution < -0.4 is 9.62 Å². The molecule has 0 heterocycles. The highest BCUT2D eigenvalue weighted by Crippen LogP contribution is 2.34. The van der Waals surface area contributed by atoms with Crippen LogP contribution in [0, 0.1) is 5.82 Å². The summed E-state index contributed by atoms with van der Waals surface area (Å²) in [6.07, 6.45) is -3.79. The second-order valence-electron chi connectivity index (χ2n) is 6.14. The summed E-state index contributed by atoms with van der Waals surface area (Å²) in [4.78, 5) is 12.8. The van der Waals surface area contributed by atoms with Crippen LogP contribution in [-0.2, 0) is 21.0 Å². The van der Waals surface area contributed by atoms with Crippen LogP contribution in [-0.4, -0.2) is 26.6 Å². The summed E-state index contributed by atoms with van der Waals surface area (Å²) in [6, 6.07) is 5.53. The van der Waals surface area contributed by atoms with Crippen molar-refractivity contribution >= 4 is 38.9 Å². The van der Waals surface area contributed by atoms with Crippen molar-refractivity contribution in [2.45, 2.75) is 25.6 Å². The van der Waals surface area contributed by atoms with Crippen LogP contribution in [0.2, 0.25) is 5.02 Å². The standard InChI is InChI=1S/C18H17ClF4N2O3S/c1-3-16(25(29(2,27)28)13-7-5-12(20)6-8-13)17(26)24-15-10-11(18(21,22)23)4-9-14(15)19/h4-10,16H,3H2,1-2H3,(H,24,26)/t16-/m1/s1. The first-order valence-electron chi connectivity index (χ1n) is 8.27. The first kappa shape index (κ1) is 23.0. The Kier molecular flexibility index (Phi) is 6.79. The molecular weight excluding hydrogens is 436 g/mol. The molecule has 0 saturated carbocycles. The summed E-state index contributed by atoms with van der Waals surface area (Å²) in [6.45, 7) is 1.53. The van der Waals surface area contributed by atoms with E-state index < -0.39 is 39.5 Å². The summed E-state index contributed by atoms with van der Waals surface area (Å²) < 4.78 is 77.4. The quantitative estimate of drug-likeness (QED) is 0.647. The molecule has 0 aliphatic carbocycles. The normalized spacial score (nSPS) is 13.1. The van der Waals surface area contributed by atoms with Gasteiger partial charge in [0.25, 0.3) is 0 Å². The predicted molar refractivity (Wildman–Crippen MR) is 103 cm³/mol. The van der Waals surface area contributed by atoms with Gasteiger partial charge in [0.2, 0.25) is 15.9 Å². The van der Waals surface area contributed by atoms with Gasteiger partial charge in [-0.2, -0.15) is 13.2 Å². The van der Waals surface area contributed by atoms with Gasteiger partial charge in [-0.05, 0) is 48.9 Å². The predicted octanol–water partition coefficient (Wildman–Crippen LogP) is 4.68. The Bertz CT molecular complexity index is 995. The smallest absolute Gasteiger partial charge is 0.323 e. The molecule has 1 N–H and O–H groups in total. The molecule has 0 aliphatic heterocycles. The second kappa shape index (κ2) is 8.58. The third-order valence-corrected chi connectivity index (χ3v) is 5.47. The third-order valence-electron chi connectivity index (χ3n) is 3.96. The molecule has 5 nitrogen and oxygen atoms in total. The molecule has 0 aliphatic rings. The number of sulfonamides is 1. The Hall–Kier alpha value is -2.33. The highest BCUT2D eigenvalue weighted by atomic mass is 35.5. The van der Waals surface area contributed by atoms with E-state index in [4.69, 9.17) is 11.6 Å². The Morgan fingerprint density at radius 2 is 1.76 bits per heavy atom. The molecule has 0 saturated heterocycles. The molecule has 0 aromatic heterocycles. The van der Waals surface area contributed by atoms with Crippen molar-refractivity contribution in [3.8, 4) is 0 Å². The second-order valence-corrected chi connectivity index (χ2v) is 8.41. The lowest BCUT2D eigenvalue weighted by molar-refractivity contribution is -0.137.